The van der Waals surface area contributed by atoms with Crippen molar-refractivity contribution in [1.82, 2.24) is 30.0 Å². The van der Waals surface area contributed by atoms with Crippen LogP contribution in [0.3, 0.4) is 0 Å². The van der Waals surface area contributed by atoms with E-state index >= 15 is 0 Å². The summed E-state index contributed by atoms with van der Waals surface area (Å²) in [7, 11) is 0. The van der Waals surface area contributed by atoms with E-state index in [0.717, 1.165) is 57.9 Å². The molecule has 0 N–H and O–H groups in total. The maximum absolute atomic E-state index is 4.53. The third kappa shape index (κ3) is 6.33. The van der Waals surface area contributed by atoms with Crippen LogP contribution in [0.2, 0.25) is 0 Å². The molecule has 0 radical (unpaired) electrons. The van der Waals surface area contributed by atoms with Crippen LogP contribution in [-0.2, 0) is 13.0 Å². The molecular weight excluding hydrogens is 444 g/mol. The van der Waals surface area contributed by atoms with Crippen LogP contribution in [0.1, 0.15) is 35.0 Å². The van der Waals surface area contributed by atoms with Crippen molar-refractivity contribution in [3.63, 3.8) is 0 Å². The van der Waals surface area contributed by atoms with Gasteiger partial charge in [-0.05, 0) is 40.0 Å². The molecule has 36 heavy (non-hydrogen) atoms. The Labute approximate surface area is 213 Å². The molecule has 1 aromatic heterocycles. The van der Waals surface area contributed by atoms with Crippen LogP contribution >= 0.6 is 0 Å². The average molecular weight is 479 g/mol. The van der Waals surface area contributed by atoms with Gasteiger partial charge in [-0.15, -0.1) is 5.10 Å². The fourth-order valence-corrected chi connectivity index (χ4v) is 4.91. The zero-order valence-electron chi connectivity index (χ0n) is 20.7. The van der Waals surface area contributed by atoms with E-state index in [9.17, 15) is 0 Å². The third-order valence-corrected chi connectivity index (χ3v) is 6.84. The van der Waals surface area contributed by atoms with Crippen LogP contribution < -0.4 is 0 Å². The van der Waals surface area contributed by atoms with Crippen molar-refractivity contribution in [1.29, 1.82) is 0 Å². The number of tetrazole rings is 1. The largest absolute Gasteiger partial charge is 0.297 e. The molecule has 1 aliphatic heterocycles. The second kappa shape index (κ2) is 12.4. The predicted molar refractivity (Wildman–Crippen MR) is 144 cm³/mol. The lowest BCUT2D eigenvalue weighted by Gasteiger charge is -2.38. The lowest BCUT2D eigenvalue weighted by molar-refractivity contribution is 0.112. The van der Waals surface area contributed by atoms with Crippen molar-refractivity contribution in [3.8, 4) is 0 Å². The van der Waals surface area contributed by atoms with Gasteiger partial charge in [-0.25, -0.2) is 4.68 Å². The maximum Gasteiger partial charge on any atom is 0.173 e. The molecule has 6 heteroatoms. The number of aromatic nitrogens is 4. The quantitative estimate of drug-likeness (QED) is 0.330. The van der Waals surface area contributed by atoms with Crippen LogP contribution in [0, 0.1) is 0 Å². The van der Waals surface area contributed by atoms with Crippen LogP contribution in [-0.4, -0.2) is 62.7 Å². The summed E-state index contributed by atoms with van der Waals surface area (Å²) in [6, 6.07) is 31.9. The van der Waals surface area contributed by atoms with E-state index in [1.165, 1.54) is 16.7 Å². The number of nitrogens with zero attached hydrogens (tertiary/aromatic N) is 6. The van der Waals surface area contributed by atoms with Gasteiger partial charge in [0.2, 0.25) is 0 Å². The molecule has 0 saturated carbocycles. The maximum atomic E-state index is 4.53. The summed E-state index contributed by atoms with van der Waals surface area (Å²) in [6.45, 7) is 5.79. The van der Waals surface area contributed by atoms with Gasteiger partial charge < -0.3 is 0 Å². The summed E-state index contributed by atoms with van der Waals surface area (Å²) in [5, 5.41) is 13.0. The number of rotatable bonds is 10. The Bertz CT molecular complexity index is 1200. The molecule has 0 aliphatic carbocycles. The highest BCUT2D eigenvalue weighted by molar-refractivity contribution is 5.48. The number of hydrogen-bond acceptors (Lipinski definition) is 5. The van der Waals surface area contributed by atoms with E-state index in [1.54, 1.807) is 0 Å². The number of piperazine rings is 1. The van der Waals surface area contributed by atoms with E-state index < -0.39 is 0 Å². The lowest BCUT2D eigenvalue weighted by atomic mass is 10.0. The van der Waals surface area contributed by atoms with E-state index in [2.05, 4.69) is 128 Å². The molecule has 1 saturated heterocycles. The van der Waals surface area contributed by atoms with Gasteiger partial charge in [0.25, 0.3) is 0 Å². The molecule has 3 aromatic carbocycles. The van der Waals surface area contributed by atoms with Gasteiger partial charge in [0.15, 0.2) is 5.82 Å². The summed E-state index contributed by atoms with van der Waals surface area (Å²) in [4.78, 5) is 5.05. The van der Waals surface area contributed by atoms with Gasteiger partial charge in [-0.1, -0.05) is 103 Å². The van der Waals surface area contributed by atoms with Gasteiger partial charge in [-0.3, -0.25) is 9.80 Å². The Morgan fingerprint density at radius 1 is 0.778 bits per heavy atom. The SMILES string of the molecule is C(=C\c1ccccc1)/CN1CCN([C@@H](c2ccccc2)c2nnnn2CCCc2ccccc2)CC1. The van der Waals surface area contributed by atoms with E-state index in [4.69, 9.17) is 0 Å². The Morgan fingerprint density at radius 3 is 2.17 bits per heavy atom. The normalized spacial score (nSPS) is 15.9. The Morgan fingerprint density at radius 2 is 1.44 bits per heavy atom. The van der Waals surface area contributed by atoms with Crippen molar-refractivity contribution in [2.75, 3.05) is 32.7 Å². The highest BCUT2D eigenvalue weighted by Crippen LogP contribution is 2.28. The molecule has 1 fully saturated rings. The smallest absolute Gasteiger partial charge is 0.173 e. The van der Waals surface area contributed by atoms with Gasteiger partial charge in [0, 0.05) is 39.3 Å². The molecule has 6 nitrogen and oxygen atoms in total. The minimum atomic E-state index is 0.0555. The monoisotopic (exact) mass is 478 g/mol. The molecule has 2 heterocycles. The fraction of sp³-hybridized carbons (Fsp3) is 0.300. The van der Waals surface area contributed by atoms with Crippen molar-refractivity contribution < 1.29 is 0 Å². The Balaban J connectivity index is 1.24. The minimum absolute atomic E-state index is 0.0555. The lowest BCUT2D eigenvalue weighted by Crippen LogP contribution is -2.48. The molecule has 0 spiro atoms. The molecule has 1 aliphatic rings. The van der Waals surface area contributed by atoms with Gasteiger partial charge in [0.05, 0.1) is 6.04 Å². The third-order valence-electron chi connectivity index (χ3n) is 6.84. The highest BCUT2D eigenvalue weighted by atomic mass is 15.6. The Kier molecular flexibility index (Phi) is 8.29. The first-order valence-corrected chi connectivity index (χ1v) is 12.9. The summed E-state index contributed by atoms with van der Waals surface area (Å²) in [5.74, 6) is 0.937. The number of aryl methyl sites for hydroxylation is 2. The van der Waals surface area contributed by atoms with Crippen LogP contribution in [0.15, 0.2) is 97.1 Å². The molecule has 0 bridgehead atoms. The number of hydrogen-bond donors (Lipinski definition) is 0. The Hall–Kier alpha value is -3.61. The second-order valence-electron chi connectivity index (χ2n) is 9.31. The summed E-state index contributed by atoms with van der Waals surface area (Å²) < 4.78 is 2.01. The summed E-state index contributed by atoms with van der Waals surface area (Å²) in [5.41, 5.74) is 3.84. The first kappa shape index (κ1) is 24.1. The fourth-order valence-electron chi connectivity index (χ4n) is 4.91. The van der Waals surface area contributed by atoms with Crippen molar-refractivity contribution in [2.24, 2.45) is 0 Å². The molecule has 4 aromatic rings. The second-order valence-corrected chi connectivity index (χ2v) is 9.31. The van der Waals surface area contributed by atoms with Gasteiger partial charge >= 0.3 is 0 Å². The van der Waals surface area contributed by atoms with E-state index in [-0.39, 0.29) is 6.04 Å². The van der Waals surface area contributed by atoms with Crippen molar-refractivity contribution in [2.45, 2.75) is 25.4 Å². The van der Waals surface area contributed by atoms with Crippen LogP contribution in [0.25, 0.3) is 6.08 Å². The van der Waals surface area contributed by atoms with Crippen LogP contribution in [0.5, 0.6) is 0 Å². The molecule has 0 unspecified atom stereocenters. The van der Waals surface area contributed by atoms with Gasteiger partial charge in [-0.2, -0.15) is 0 Å². The summed E-state index contributed by atoms with van der Waals surface area (Å²) in [6.07, 6.45) is 6.51. The zero-order chi connectivity index (χ0) is 24.4. The molecule has 1 atom stereocenters. The first-order valence-electron chi connectivity index (χ1n) is 12.9. The van der Waals surface area contributed by atoms with Gasteiger partial charge in [0.1, 0.15) is 0 Å². The number of benzene rings is 3. The first-order chi connectivity index (χ1) is 17.9. The predicted octanol–water partition coefficient (Wildman–Crippen LogP) is 4.73. The van der Waals surface area contributed by atoms with E-state index in [0.29, 0.717) is 0 Å². The molecule has 5 rings (SSSR count). The average Bonchev–Trinajstić information content (AvgIpc) is 3.39. The standard InChI is InChI=1S/C30H34N6/c1-4-12-26(13-5-1)16-10-20-34-22-24-35(25-23-34)29(28-18-8-3-9-19-28)30-31-32-33-36(30)21-11-17-27-14-6-2-7-15-27/h1-10,12-16,18-19,29H,11,17,20-25H2/b16-10+/t29-/m0/s1. The molecule has 184 valence electrons. The summed E-state index contributed by atoms with van der Waals surface area (Å²) >= 11 is 0. The minimum Gasteiger partial charge on any atom is -0.297 e. The zero-order valence-corrected chi connectivity index (χ0v) is 20.7. The van der Waals surface area contributed by atoms with E-state index in [1.807, 2.05) is 4.68 Å². The highest BCUT2D eigenvalue weighted by Gasteiger charge is 2.30. The topological polar surface area (TPSA) is 50.1 Å². The van der Waals surface area contributed by atoms with Crippen molar-refractivity contribution in [3.05, 3.63) is 120 Å². The molecular formula is C30H34N6. The van der Waals surface area contributed by atoms with Crippen LogP contribution in [0.4, 0.5) is 0 Å². The van der Waals surface area contributed by atoms with Crippen molar-refractivity contribution >= 4 is 6.08 Å². The molecule has 0 amide bonds.